The number of hydrogen-bond acceptors (Lipinski definition) is 5. The Morgan fingerprint density at radius 1 is 1.50 bits per heavy atom. The number of carbonyl (C=O) groups is 1. The summed E-state index contributed by atoms with van der Waals surface area (Å²) in [6, 6.07) is 6.08. The van der Waals surface area contributed by atoms with Gasteiger partial charge in [-0.05, 0) is 25.4 Å². The summed E-state index contributed by atoms with van der Waals surface area (Å²) in [5, 5.41) is 8.80. The number of hydrogen-bond donors (Lipinski definition) is 1. The molecule has 2 aromatic rings. The Morgan fingerprint density at radius 3 is 2.77 bits per heavy atom. The predicted molar refractivity (Wildman–Crippen MR) is 89.2 cm³/mol. The summed E-state index contributed by atoms with van der Waals surface area (Å²) in [5.74, 6) is 0.287. The van der Waals surface area contributed by atoms with Gasteiger partial charge < -0.3 is 4.52 Å². The molecule has 0 aromatic carbocycles. The summed E-state index contributed by atoms with van der Waals surface area (Å²) in [6.45, 7) is 8.53. The van der Waals surface area contributed by atoms with Gasteiger partial charge in [-0.25, -0.2) is 0 Å². The van der Waals surface area contributed by atoms with Crippen molar-refractivity contribution in [1.29, 1.82) is 0 Å². The molecule has 0 spiro atoms. The van der Waals surface area contributed by atoms with Crippen LogP contribution >= 0.6 is 11.3 Å². The molecule has 0 radical (unpaired) electrons. The molecule has 120 valence electrons. The second-order valence-electron chi connectivity index (χ2n) is 6.48. The van der Waals surface area contributed by atoms with Crippen LogP contribution in [0.5, 0.6) is 0 Å². The lowest BCUT2D eigenvalue weighted by Gasteiger charge is -2.22. The highest BCUT2D eigenvalue weighted by molar-refractivity contribution is 7.10. The number of nitrogens with one attached hydrogen (secondary N) is 1. The van der Waals surface area contributed by atoms with Crippen molar-refractivity contribution in [1.82, 2.24) is 10.1 Å². The maximum Gasteiger partial charge on any atom is 0.240 e. The maximum atomic E-state index is 12.1. The fraction of sp³-hybridized carbons (Fsp3) is 0.500. The lowest BCUT2D eigenvalue weighted by molar-refractivity contribution is -0.117. The van der Waals surface area contributed by atoms with Gasteiger partial charge in [0, 0.05) is 22.4 Å². The number of nitrogens with zero attached hydrogens (tertiary/aromatic N) is 2. The number of aromatic nitrogens is 1. The van der Waals surface area contributed by atoms with Crippen molar-refractivity contribution in [2.45, 2.75) is 39.2 Å². The second kappa shape index (κ2) is 6.62. The molecule has 22 heavy (non-hydrogen) atoms. The summed E-state index contributed by atoms with van der Waals surface area (Å²) in [7, 11) is 1.94. The molecule has 0 bridgehead atoms. The smallest absolute Gasteiger partial charge is 0.240 e. The van der Waals surface area contributed by atoms with Crippen LogP contribution in [0, 0.1) is 0 Å². The zero-order chi connectivity index (χ0) is 16.3. The number of anilines is 1. The van der Waals surface area contributed by atoms with Crippen LogP contribution in [-0.4, -0.2) is 29.6 Å². The molecule has 6 heteroatoms. The molecule has 5 nitrogen and oxygen atoms in total. The van der Waals surface area contributed by atoms with Crippen molar-refractivity contribution in [2.24, 2.45) is 0 Å². The van der Waals surface area contributed by atoms with E-state index in [0.717, 1.165) is 5.69 Å². The van der Waals surface area contributed by atoms with Gasteiger partial charge in [-0.2, -0.15) is 0 Å². The molecule has 1 atom stereocenters. The minimum Gasteiger partial charge on any atom is -0.338 e. The molecule has 1 amide bonds. The molecule has 0 aliphatic rings. The lowest BCUT2D eigenvalue weighted by atomic mass is 9.92. The van der Waals surface area contributed by atoms with Gasteiger partial charge in [0.2, 0.25) is 11.8 Å². The first kappa shape index (κ1) is 16.7. The fourth-order valence-electron chi connectivity index (χ4n) is 1.97. The third-order valence-electron chi connectivity index (χ3n) is 3.55. The maximum absolute atomic E-state index is 12.1. The van der Waals surface area contributed by atoms with E-state index in [1.54, 1.807) is 17.4 Å². The monoisotopic (exact) mass is 321 g/mol. The zero-order valence-electron chi connectivity index (χ0n) is 13.7. The van der Waals surface area contributed by atoms with Gasteiger partial charge in [0.25, 0.3) is 0 Å². The van der Waals surface area contributed by atoms with Gasteiger partial charge in [-0.3, -0.25) is 15.0 Å². The van der Waals surface area contributed by atoms with Crippen LogP contribution in [0.2, 0.25) is 0 Å². The van der Waals surface area contributed by atoms with Crippen LogP contribution in [-0.2, 0) is 10.2 Å². The standard InChI is InChI=1S/C16H23N3O2S/c1-11(12-7-6-8-22-12)19(5)10-14(20)17-15-9-13(18-21-15)16(2,3)4/h6-9,11H,10H2,1-5H3,(H,17,20)/t11-/m1/s1. The average molecular weight is 321 g/mol. The van der Waals surface area contributed by atoms with Crippen molar-refractivity contribution in [3.05, 3.63) is 34.2 Å². The number of rotatable bonds is 5. The Hall–Kier alpha value is -1.66. The number of carbonyl (C=O) groups excluding carboxylic acids is 1. The van der Waals surface area contributed by atoms with Crippen molar-refractivity contribution >= 4 is 23.1 Å². The molecule has 0 aliphatic heterocycles. The minimum absolute atomic E-state index is 0.100. The highest BCUT2D eigenvalue weighted by Gasteiger charge is 2.21. The molecule has 2 aromatic heterocycles. The summed E-state index contributed by atoms with van der Waals surface area (Å²) < 4.78 is 5.18. The van der Waals surface area contributed by atoms with E-state index in [1.807, 2.05) is 44.2 Å². The van der Waals surface area contributed by atoms with Crippen molar-refractivity contribution in [2.75, 3.05) is 18.9 Å². The topological polar surface area (TPSA) is 58.4 Å². The van der Waals surface area contributed by atoms with E-state index in [-0.39, 0.29) is 17.4 Å². The van der Waals surface area contributed by atoms with Crippen LogP contribution in [0.4, 0.5) is 5.88 Å². The van der Waals surface area contributed by atoms with E-state index in [2.05, 4.69) is 23.5 Å². The average Bonchev–Trinajstić information content (AvgIpc) is 3.07. The van der Waals surface area contributed by atoms with E-state index >= 15 is 0 Å². The third-order valence-corrected chi connectivity index (χ3v) is 4.59. The van der Waals surface area contributed by atoms with Gasteiger partial charge in [0.15, 0.2) is 0 Å². The van der Waals surface area contributed by atoms with Crippen LogP contribution in [0.3, 0.4) is 0 Å². The Morgan fingerprint density at radius 2 is 2.23 bits per heavy atom. The summed E-state index contributed by atoms with van der Waals surface area (Å²) in [4.78, 5) is 15.4. The first-order chi connectivity index (χ1) is 10.3. The number of thiophene rings is 1. The molecule has 0 unspecified atom stereocenters. The van der Waals surface area contributed by atoms with Crippen LogP contribution in [0.1, 0.15) is 44.3 Å². The van der Waals surface area contributed by atoms with E-state index in [9.17, 15) is 4.79 Å². The van der Waals surface area contributed by atoms with Crippen molar-refractivity contribution in [3.8, 4) is 0 Å². The zero-order valence-corrected chi connectivity index (χ0v) is 14.5. The lowest BCUT2D eigenvalue weighted by Crippen LogP contribution is -2.31. The molecule has 2 rings (SSSR count). The Bertz CT molecular complexity index is 614. The normalized spacial score (nSPS) is 13.4. The molecule has 0 aliphatic carbocycles. The quantitative estimate of drug-likeness (QED) is 0.913. The van der Waals surface area contributed by atoms with Crippen LogP contribution < -0.4 is 5.32 Å². The van der Waals surface area contributed by atoms with Gasteiger partial charge in [-0.1, -0.05) is 32.0 Å². The summed E-state index contributed by atoms with van der Waals surface area (Å²) in [5.41, 5.74) is 0.722. The number of likely N-dealkylation sites (N-methyl/N-ethyl adjacent to an activating group) is 1. The molecule has 1 N–H and O–H groups in total. The van der Waals surface area contributed by atoms with Gasteiger partial charge >= 0.3 is 0 Å². The van der Waals surface area contributed by atoms with Crippen molar-refractivity contribution < 1.29 is 9.32 Å². The Balaban J connectivity index is 1.91. The third kappa shape index (κ3) is 4.18. The van der Waals surface area contributed by atoms with Gasteiger partial charge in [-0.15, -0.1) is 11.3 Å². The SMILES string of the molecule is C[C@H](c1cccs1)N(C)CC(=O)Nc1cc(C(C)(C)C)no1. The molecule has 2 heterocycles. The first-order valence-corrected chi connectivity index (χ1v) is 8.16. The first-order valence-electron chi connectivity index (χ1n) is 7.28. The van der Waals surface area contributed by atoms with E-state index in [0.29, 0.717) is 12.4 Å². The Kier molecular flexibility index (Phi) is 5.03. The fourth-order valence-corrected chi connectivity index (χ4v) is 2.82. The molecule has 0 saturated carbocycles. The largest absolute Gasteiger partial charge is 0.338 e. The van der Waals surface area contributed by atoms with E-state index < -0.39 is 0 Å². The van der Waals surface area contributed by atoms with Crippen molar-refractivity contribution in [3.63, 3.8) is 0 Å². The van der Waals surface area contributed by atoms with Crippen LogP contribution in [0.15, 0.2) is 28.1 Å². The number of amides is 1. The Labute approximate surface area is 135 Å². The highest BCUT2D eigenvalue weighted by Crippen LogP contribution is 2.24. The van der Waals surface area contributed by atoms with Gasteiger partial charge in [0.1, 0.15) is 0 Å². The van der Waals surface area contributed by atoms with E-state index in [1.165, 1.54) is 4.88 Å². The molecular formula is C16H23N3O2S. The molecule has 0 fully saturated rings. The predicted octanol–water partition coefficient (Wildman–Crippen LogP) is 3.67. The van der Waals surface area contributed by atoms with Crippen LogP contribution in [0.25, 0.3) is 0 Å². The minimum atomic E-state index is -0.109. The van der Waals surface area contributed by atoms with E-state index in [4.69, 9.17) is 4.52 Å². The van der Waals surface area contributed by atoms with Gasteiger partial charge in [0.05, 0.1) is 12.2 Å². The summed E-state index contributed by atoms with van der Waals surface area (Å²) in [6.07, 6.45) is 0. The molecular weight excluding hydrogens is 298 g/mol. The summed E-state index contributed by atoms with van der Waals surface area (Å²) >= 11 is 1.69. The second-order valence-corrected chi connectivity index (χ2v) is 7.46. The molecule has 0 saturated heterocycles. The highest BCUT2D eigenvalue weighted by atomic mass is 32.1.